The number of hydrogen-bond acceptors (Lipinski definition) is 20. The first-order chi connectivity index (χ1) is 26.8. The summed E-state index contributed by atoms with van der Waals surface area (Å²) in [5.74, 6) is -0.967. The molecule has 20 heteroatoms. The van der Waals surface area contributed by atoms with E-state index in [-0.39, 0.29) is 36.0 Å². The van der Waals surface area contributed by atoms with Crippen molar-refractivity contribution < 1.29 is 98.5 Å². The third-order valence-electron chi connectivity index (χ3n) is 9.44. The maximum atomic E-state index is 13.4. The van der Waals surface area contributed by atoms with Gasteiger partial charge in [-0.15, -0.1) is 0 Å². The van der Waals surface area contributed by atoms with Gasteiger partial charge in [-0.05, 0) is 47.9 Å². The summed E-state index contributed by atoms with van der Waals surface area (Å²) in [7, 11) is 2.73. The number of phenols is 2. The van der Waals surface area contributed by atoms with Crippen LogP contribution in [0.5, 0.6) is 23.0 Å². The maximum absolute atomic E-state index is 13.4. The second-order valence-electron chi connectivity index (χ2n) is 13.2. The molecule has 3 fully saturated rings. The molecule has 0 aromatic heterocycles. The number of methoxy groups -OCH3 is 2. The summed E-state index contributed by atoms with van der Waals surface area (Å²) in [5, 5.41) is 104. The highest BCUT2D eigenvalue weighted by Gasteiger charge is 2.55. The van der Waals surface area contributed by atoms with Crippen LogP contribution in [-0.4, -0.2) is 184 Å². The highest BCUT2D eigenvalue weighted by molar-refractivity contribution is 5.87. The topological polar surface area (TPSA) is 302 Å². The number of aliphatic hydroxyl groups is 8. The second kappa shape index (κ2) is 19.6. The molecule has 3 heterocycles. The van der Waals surface area contributed by atoms with E-state index in [9.17, 15) is 55.9 Å². The first kappa shape index (κ1) is 43.4. The van der Waals surface area contributed by atoms with Crippen molar-refractivity contribution in [2.75, 3.05) is 40.6 Å². The van der Waals surface area contributed by atoms with Crippen molar-refractivity contribution in [3.05, 3.63) is 53.6 Å². The van der Waals surface area contributed by atoms with Crippen molar-refractivity contribution in [3.63, 3.8) is 0 Å². The smallest absolute Gasteiger partial charge is 0.331 e. The third kappa shape index (κ3) is 10.0. The van der Waals surface area contributed by atoms with Gasteiger partial charge in [-0.25, -0.2) is 4.79 Å². The van der Waals surface area contributed by atoms with Crippen molar-refractivity contribution in [1.82, 2.24) is 0 Å². The van der Waals surface area contributed by atoms with Gasteiger partial charge in [0.25, 0.3) is 0 Å². The van der Waals surface area contributed by atoms with E-state index < -0.39 is 112 Å². The number of benzene rings is 2. The van der Waals surface area contributed by atoms with Gasteiger partial charge < -0.3 is 93.7 Å². The second-order valence-corrected chi connectivity index (χ2v) is 13.2. The molecule has 56 heavy (non-hydrogen) atoms. The van der Waals surface area contributed by atoms with Gasteiger partial charge in [0.05, 0.1) is 40.6 Å². The number of rotatable bonds is 15. The van der Waals surface area contributed by atoms with E-state index in [0.29, 0.717) is 11.1 Å². The van der Waals surface area contributed by atoms with Crippen molar-refractivity contribution in [2.24, 2.45) is 0 Å². The third-order valence-corrected chi connectivity index (χ3v) is 9.44. The molecule has 2 aromatic rings. The summed E-state index contributed by atoms with van der Waals surface area (Å²) in [6, 6.07) is 8.89. The van der Waals surface area contributed by atoms with Crippen LogP contribution in [0.3, 0.4) is 0 Å². The SMILES string of the molecule is COc1ccc(CCO[C@@H]2O[C@H](CO)[C@@H](OC(=O)C=Cc3ccc(O)c(OC)c3)[C@H](O[C@@H]3O[C@H](CO)[C@@H](O)[C@H](O)[C@H]3O)[C@H]2O[C@H]2OC[C@@H](O)[C@@H](O)[C@@H]2O)cc1O. The zero-order valence-electron chi connectivity index (χ0n) is 30.3. The van der Waals surface area contributed by atoms with E-state index in [1.807, 2.05) is 0 Å². The Labute approximate surface area is 320 Å². The molecule has 14 atom stereocenters. The van der Waals surface area contributed by atoms with E-state index in [4.69, 9.17) is 42.6 Å². The lowest BCUT2D eigenvalue weighted by Crippen LogP contribution is -2.67. The van der Waals surface area contributed by atoms with Crippen molar-refractivity contribution in [3.8, 4) is 23.0 Å². The zero-order chi connectivity index (χ0) is 40.7. The summed E-state index contributed by atoms with van der Waals surface area (Å²) in [5.41, 5.74) is 1.01. The molecule has 0 unspecified atom stereocenters. The minimum absolute atomic E-state index is 0.120. The molecule has 3 aliphatic rings. The highest BCUT2D eigenvalue weighted by atomic mass is 16.8. The number of carbonyl (C=O) groups is 1. The maximum Gasteiger partial charge on any atom is 0.331 e. The number of phenolic OH excluding ortho intramolecular Hbond substituents is 2. The zero-order valence-corrected chi connectivity index (χ0v) is 30.3. The van der Waals surface area contributed by atoms with Crippen LogP contribution in [0.25, 0.3) is 6.08 Å². The van der Waals surface area contributed by atoms with Crippen LogP contribution in [0.2, 0.25) is 0 Å². The number of hydrogen-bond donors (Lipinski definition) is 10. The predicted molar refractivity (Wildman–Crippen MR) is 185 cm³/mol. The predicted octanol–water partition coefficient (Wildman–Crippen LogP) is -2.97. The Bertz CT molecular complexity index is 1610. The van der Waals surface area contributed by atoms with E-state index in [1.54, 1.807) is 6.07 Å². The van der Waals surface area contributed by atoms with Crippen molar-refractivity contribution >= 4 is 12.0 Å². The minimum atomic E-state index is -1.97. The fourth-order valence-electron chi connectivity index (χ4n) is 6.31. The first-order valence-electron chi connectivity index (χ1n) is 17.6. The summed E-state index contributed by atoms with van der Waals surface area (Å²) in [4.78, 5) is 13.4. The summed E-state index contributed by atoms with van der Waals surface area (Å²) >= 11 is 0. The van der Waals surface area contributed by atoms with Crippen LogP contribution in [0.4, 0.5) is 0 Å². The number of aromatic hydroxyl groups is 2. The molecule has 0 amide bonds. The molecule has 0 aliphatic carbocycles. The molecule has 0 radical (unpaired) electrons. The van der Waals surface area contributed by atoms with Gasteiger partial charge in [0.1, 0.15) is 61.0 Å². The molecular weight excluding hydrogens is 752 g/mol. The van der Waals surface area contributed by atoms with Crippen molar-refractivity contribution in [2.45, 2.75) is 92.4 Å². The van der Waals surface area contributed by atoms with Crippen LogP contribution in [0.1, 0.15) is 11.1 Å². The molecular formula is C36H48O20. The summed E-state index contributed by atoms with van der Waals surface area (Å²) < 4.78 is 51.3. The van der Waals surface area contributed by atoms with E-state index in [2.05, 4.69) is 0 Å². The minimum Gasteiger partial charge on any atom is -0.504 e. The Morgan fingerprint density at radius 3 is 2.09 bits per heavy atom. The lowest BCUT2D eigenvalue weighted by molar-refractivity contribution is -0.386. The Morgan fingerprint density at radius 2 is 1.41 bits per heavy atom. The van der Waals surface area contributed by atoms with Gasteiger partial charge in [-0.1, -0.05) is 12.1 Å². The first-order valence-corrected chi connectivity index (χ1v) is 17.6. The monoisotopic (exact) mass is 800 g/mol. The van der Waals surface area contributed by atoms with Crippen LogP contribution in [0.15, 0.2) is 42.5 Å². The molecule has 3 saturated heterocycles. The fraction of sp³-hybridized carbons (Fsp3) is 0.583. The molecule has 0 bridgehead atoms. The summed E-state index contributed by atoms with van der Waals surface area (Å²) in [6.07, 6.45) is -21.4. The van der Waals surface area contributed by atoms with Crippen LogP contribution < -0.4 is 9.47 Å². The van der Waals surface area contributed by atoms with Gasteiger partial charge in [0.15, 0.2) is 48.0 Å². The van der Waals surface area contributed by atoms with Crippen LogP contribution in [-0.2, 0) is 44.4 Å². The Hall–Kier alpha value is -3.71. The van der Waals surface area contributed by atoms with Gasteiger partial charge in [0, 0.05) is 6.08 Å². The summed E-state index contributed by atoms with van der Waals surface area (Å²) in [6.45, 7) is -2.30. The van der Waals surface area contributed by atoms with Gasteiger partial charge >= 0.3 is 5.97 Å². The number of esters is 1. The standard InChI is InChI=1S/C36H48O20/c1-48-21-7-4-17(11-19(21)40)9-10-50-36-33(56-34-29(46)26(43)20(41)15-51-34)32(55-35-30(47)28(45)27(44)23(13-37)52-35)31(24(14-38)53-36)54-25(42)8-5-16-3-6-18(39)22(12-16)49-2/h3-8,11-12,20,23-24,26-41,43-47H,9-10,13-15H2,1-2H3/t20-,23-,24-,26-,27-,28+,29+,30-,31-,32+,33-,34-,35+,36-/m1/s1. The van der Waals surface area contributed by atoms with E-state index in [0.717, 1.165) is 6.08 Å². The molecule has 2 aromatic carbocycles. The molecule has 3 aliphatic heterocycles. The number of ether oxygens (including phenoxy) is 9. The normalized spacial score (nSPS) is 35.0. The van der Waals surface area contributed by atoms with Crippen LogP contribution in [0, 0.1) is 0 Å². The average molecular weight is 801 g/mol. The Morgan fingerprint density at radius 1 is 0.732 bits per heavy atom. The molecule has 10 N–H and O–H groups in total. The quantitative estimate of drug-likeness (QED) is 0.0635. The van der Waals surface area contributed by atoms with Crippen LogP contribution >= 0.6 is 0 Å². The van der Waals surface area contributed by atoms with Crippen molar-refractivity contribution in [1.29, 1.82) is 0 Å². The largest absolute Gasteiger partial charge is 0.504 e. The molecule has 20 nitrogen and oxygen atoms in total. The average Bonchev–Trinajstić information content (AvgIpc) is 3.19. The van der Waals surface area contributed by atoms with E-state index >= 15 is 0 Å². The molecule has 5 rings (SSSR count). The Kier molecular flexibility index (Phi) is 15.2. The Balaban J connectivity index is 1.49. The van der Waals surface area contributed by atoms with Gasteiger partial charge in [0.2, 0.25) is 0 Å². The van der Waals surface area contributed by atoms with Gasteiger partial charge in [-0.2, -0.15) is 0 Å². The molecule has 0 saturated carbocycles. The highest BCUT2D eigenvalue weighted by Crippen LogP contribution is 2.35. The lowest BCUT2D eigenvalue weighted by Gasteiger charge is -2.49. The van der Waals surface area contributed by atoms with E-state index in [1.165, 1.54) is 50.6 Å². The molecule has 0 spiro atoms. The lowest BCUT2D eigenvalue weighted by atomic mass is 9.96. The van der Waals surface area contributed by atoms with Gasteiger partial charge in [-0.3, -0.25) is 0 Å². The number of aliphatic hydroxyl groups excluding tert-OH is 8. The molecule has 312 valence electrons. The fourth-order valence-corrected chi connectivity index (χ4v) is 6.31. The number of carbonyl (C=O) groups excluding carboxylic acids is 1.